The van der Waals surface area contributed by atoms with E-state index in [1.165, 1.54) is 77.2 Å². The summed E-state index contributed by atoms with van der Waals surface area (Å²) in [6.07, 6.45) is 8.53. The molecule has 7 aromatic rings. The largest absolute Gasteiger partial charge is 0.0942 e. The van der Waals surface area contributed by atoms with Crippen molar-refractivity contribution in [1.82, 2.24) is 0 Å². The van der Waals surface area contributed by atoms with Crippen LogP contribution in [0.4, 0.5) is 0 Å². The predicted molar refractivity (Wildman–Crippen MR) is 199 cm³/mol. The summed E-state index contributed by atoms with van der Waals surface area (Å²) in [4.78, 5) is 0. The van der Waals surface area contributed by atoms with E-state index in [-0.39, 0.29) is 0 Å². The van der Waals surface area contributed by atoms with Gasteiger partial charge >= 0.3 is 0 Å². The molecule has 0 bridgehead atoms. The second kappa shape index (κ2) is 11.0. The van der Waals surface area contributed by atoms with Crippen LogP contribution < -0.4 is 0 Å². The Kier molecular flexibility index (Phi) is 6.44. The molecule has 2 aliphatic rings. The summed E-state index contributed by atoms with van der Waals surface area (Å²) < 4.78 is 0. The summed E-state index contributed by atoms with van der Waals surface area (Å²) in [5.74, 6) is 0. The molecular weight excluding hydrogens is 565 g/mol. The first kappa shape index (κ1) is 27.6. The molecule has 0 N–H and O–H groups in total. The SMILES string of the molecule is C=C1/C=C\C=C(\c2ccccc2Cc2ccc(-c3ccccc3)cc2)Cc2ccccc2C12c1cccc3ccc4cccc2c4c13. The maximum absolute atomic E-state index is 4.83. The van der Waals surface area contributed by atoms with Crippen LogP contribution >= 0.6 is 0 Å². The lowest BCUT2D eigenvalue weighted by atomic mass is 9.65. The van der Waals surface area contributed by atoms with Gasteiger partial charge in [-0.1, -0.05) is 176 Å². The summed E-state index contributed by atoms with van der Waals surface area (Å²) in [6.45, 7) is 4.83. The van der Waals surface area contributed by atoms with Crippen LogP contribution in [0.5, 0.6) is 0 Å². The van der Waals surface area contributed by atoms with Crippen LogP contribution in [-0.2, 0) is 18.3 Å². The molecule has 0 amide bonds. The van der Waals surface area contributed by atoms with Crippen molar-refractivity contribution in [3.8, 4) is 11.1 Å². The van der Waals surface area contributed by atoms with E-state index in [9.17, 15) is 0 Å². The van der Waals surface area contributed by atoms with Crippen molar-refractivity contribution in [1.29, 1.82) is 0 Å². The van der Waals surface area contributed by atoms with Gasteiger partial charge in [0.25, 0.3) is 0 Å². The van der Waals surface area contributed by atoms with E-state index >= 15 is 0 Å². The van der Waals surface area contributed by atoms with Crippen LogP contribution in [0.1, 0.15) is 38.9 Å². The fraction of sp³-hybridized carbons (Fsp3) is 0.0638. The summed E-state index contributed by atoms with van der Waals surface area (Å²) >= 11 is 0. The molecule has 0 saturated heterocycles. The first-order chi connectivity index (χ1) is 23.2. The molecule has 7 aromatic carbocycles. The zero-order chi connectivity index (χ0) is 31.4. The van der Waals surface area contributed by atoms with E-state index in [2.05, 4.69) is 170 Å². The number of fused-ring (bicyclic) bond motifs is 4. The van der Waals surface area contributed by atoms with Gasteiger partial charge in [-0.25, -0.2) is 0 Å². The molecule has 0 nitrogen and oxygen atoms in total. The third-order valence-electron chi connectivity index (χ3n) is 10.4. The van der Waals surface area contributed by atoms with E-state index in [4.69, 9.17) is 6.58 Å². The maximum Gasteiger partial charge on any atom is 0.0711 e. The van der Waals surface area contributed by atoms with Crippen LogP contribution in [0.25, 0.3) is 38.2 Å². The van der Waals surface area contributed by atoms with E-state index in [0.717, 1.165) is 18.4 Å². The molecule has 0 fully saturated rings. The third kappa shape index (κ3) is 4.29. The normalized spacial score (nSPS) is 16.4. The summed E-state index contributed by atoms with van der Waals surface area (Å²) in [7, 11) is 0. The Morgan fingerprint density at radius 3 is 1.89 bits per heavy atom. The highest BCUT2D eigenvalue weighted by Gasteiger charge is 2.46. The van der Waals surface area contributed by atoms with Gasteiger partial charge in [0, 0.05) is 0 Å². The lowest BCUT2D eigenvalue weighted by Gasteiger charge is -2.36. The lowest BCUT2D eigenvalue weighted by Crippen LogP contribution is -2.30. The zero-order valence-corrected chi connectivity index (χ0v) is 26.3. The van der Waals surface area contributed by atoms with Gasteiger partial charge < -0.3 is 0 Å². The Bertz CT molecular complexity index is 2340. The van der Waals surface area contributed by atoms with Crippen LogP contribution in [-0.4, -0.2) is 0 Å². The van der Waals surface area contributed by atoms with Crippen molar-refractivity contribution in [2.45, 2.75) is 18.3 Å². The predicted octanol–water partition coefficient (Wildman–Crippen LogP) is 11.7. The number of benzene rings is 7. The van der Waals surface area contributed by atoms with Crippen molar-refractivity contribution in [3.63, 3.8) is 0 Å². The molecule has 0 saturated carbocycles. The van der Waals surface area contributed by atoms with Crippen molar-refractivity contribution in [3.05, 3.63) is 221 Å². The van der Waals surface area contributed by atoms with Gasteiger partial charge in [-0.15, -0.1) is 0 Å². The zero-order valence-electron chi connectivity index (χ0n) is 26.3. The van der Waals surface area contributed by atoms with Gasteiger partial charge in [0.2, 0.25) is 0 Å². The molecular formula is C47H34. The monoisotopic (exact) mass is 598 g/mol. The van der Waals surface area contributed by atoms with Gasteiger partial charge in [0.1, 0.15) is 0 Å². The molecule has 0 heteroatoms. The van der Waals surface area contributed by atoms with Gasteiger partial charge in [-0.3, -0.25) is 0 Å². The lowest BCUT2D eigenvalue weighted by molar-refractivity contribution is 0.763. The van der Waals surface area contributed by atoms with E-state index in [0.29, 0.717) is 0 Å². The molecule has 0 radical (unpaired) electrons. The van der Waals surface area contributed by atoms with Crippen molar-refractivity contribution in [2.75, 3.05) is 0 Å². The smallest absolute Gasteiger partial charge is 0.0711 e. The molecule has 9 rings (SSSR count). The Hall–Kier alpha value is -5.72. The molecule has 0 aromatic heterocycles. The molecule has 0 unspecified atom stereocenters. The van der Waals surface area contributed by atoms with Crippen LogP contribution in [0, 0.1) is 0 Å². The fourth-order valence-electron chi connectivity index (χ4n) is 8.28. The second-order valence-corrected chi connectivity index (χ2v) is 12.9. The Morgan fingerprint density at radius 2 is 1.15 bits per heavy atom. The molecule has 0 aliphatic heterocycles. The van der Waals surface area contributed by atoms with Crippen molar-refractivity contribution < 1.29 is 0 Å². The standard InChI is InChI=1S/C47H34/c1-32-12-9-19-39(41-20-7-5-15-38(41)30-33-24-26-35(27-25-33)34-13-3-2-4-14-34)31-40-16-6-8-21-42(40)47(32)43-22-10-17-36-28-29-37-18-11-23-44(47)46(37)45(36)43/h2-29H,1,30-31H2/b12-9-,39-19+. The summed E-state index contributed by atoms with van der Waals surface area (Å²) in [5, 5.41) is 5.30. The highest BCUT2D eigenvalue weighted by Crippen LogP contribution is 2.57. The van der Waals surface area contributed by atoms with Gasteiger partial charge in [0.15, 0.2) is 0 Å². The molecule has 222 valence electrons. The van der Waals surface area contributed by atoms with Gasteiger partial charge in [-0.05, 0) is 95.6 Å². The summed E-state index contributed by atoms with van der Waals surface area (Å²) in [5.41, 5.74) is 13.8. The van der Waals surface area contributed by atoms with Gasteiger partial charge in [0.05, 0.1) is 5.41 Å². The highest BCUT2D eigenvalue weighted by atomic mass is 14.5. The molecule has 1 spiro atoms. The van der Waals surface area contributed by atoms with Crippen LogP contribution in [0.3, 0.4) is 0 Å². The Labute approximate surface area is 276 Å². The van der Waals surface area contributed by atoms with Gasteiger partial charge in [-0.2, -0.15) is 0 Å². The Morgan fingerprint density at radius 1 is 0.532 bits per heavy atom. The molecule has 0 atom stereocenters. The average Bonchev–Trinajstić information content (AvgIpc) is 3.46. The average molecular weight is 599 g/mol. The highest BCUT2D eigenvalue weighted by molar-refractivity contribution is 6.16. The number of allylic oxidation sites excluding steroid dienone is 5. The Balaban J connectivity index is 1.15. The molecule has 0 heterocycles. The topological polar surface area (TPSA) is 0 Å². The minimum atomic E-state index is -0.459. The minimum absolute atomic E-state index is 0.459. The van der Waals surface area contributed by atoms with E-state index in [1.54, 1.807) is 0 Å². The minimum Gasteiger partial charge on any atom is -0.0942 e. The number of hydrogen-bond donors (Lipinski definition) is 0. The van der Waals surface area contributed by atoms with Crippen LogP contribution in [0.2, 0.25) is 0 Å². The number of hydrogen-bond acceptors (Lipinski definition) is 0. The first-order valence-electron chi connectivity index (χ1n) is 16.5. The van der Waals surface area contributed by atoms with E-state index in [1.807, 2.05) is 0 Å². The first-order valence-corrected chi connectivity index (χ1v) is 16.5. The summed E-state index contributed by atoms with van der Waals surface area (Å²) in [6, 6.07) is 55.8. The number of rotatable bonds is 4. The third-order valence-corrected chi connectivity index (χ3v) is 10.4. The second-order valence-electron chi connectivity index (χ2n) is 12.9. The molecule has 47 heavy (non-hydrogen) atoms. The quantitative estimate of drug-likeness (QED) is 0.177. The van der Waals surface area contributed by atoms with E-state index < -0.39 is 5.41 Å². The van der Waals surface area contributed by atoms with Crippen LogP contribution in [0.15, 0.2) is 182 Å². The van der Waals surface area contributed by atoms with Crippen molar-refractivity contribution >= 4 is 27.1 Å². The fourth-order valence-corrected chi connectivity index (χ4v) is 8.28. The molecule has 2 aliphatic carbocycles. The van der Waals surface area contributed by atoms with Crippen molar-refractivity contribution in [2.24, 2.45) is 0 Å². The maximum atomic E-state index is 4.83.